The molecule has 1 aliphatic heterocycles. The van der Waals surface area contributed by atoms with E-state index in [0.717, 1.165) is 25.7 Å². The molecule has 1 rings (SSSR count). The van der Waals surface area contributed by atoms with Gasteiger partial charge in [0.25, 0.3) is 0 Å². The molecule has 11 heteroatoms. The first-order valence-corrected chi connectivity index (χ1v) is 20.4. The normalized spacial score (nSPS) is 21.7. The summed E-state index contributed by atoms with van der Waals surface area (Å²) in [4.78, 5) is 0. The van der Waals surface area contributed by atoms with Crippen LogP contribution in [0.5, 0.6) is 0 Å². The third-order valence-corrected chi connectivity index (χ3v) is 9.94. The predicted molar refractivity (Wildman–Crippen MR) is 183 cm³/mol. The summed E-state index contributed by atoms with van der Waals surface area (Å²) in [6, 6.07) is 0. The maximum absolute atomic E-state index is 11.2. The molecule has 3 N–H and O–H groups in total. The number of ether oxygens (including phenoxy) is 2. The summed E-state index contributed by atoms with van der Waals surface area (Å²) in [5.74, 6) is 0.240. The van der Waals surface area contributed by atoms with Gasteiger partial charge < -0.3 is 29.3 Å². The molecule has 0 saturated carbocycles. The van der Waals surface area contributed by atoms with Gasteiger partial charge in [0.2, 0.25) is 10.4 Å². The predicted octanol–water partition coefficient (Wildman–Crippen LogP) is 5.09. The first-order chi connectivity index (χ1) is 22.2. The minimum Gasteiger partial charge on any atom is -0.726 e. The molecule has 1 saturated heterocycles. The van der Waals surface area contributed by atoms with Gasteiger partial charge in [-0.1, -0.05) is 168 Å². The van der Waals surface area contributed by atoms with Crippen molar-refractivity contribution in [1.82, 2.24) is 0 Å². The summed E-state index contributed by atoms with van der Waals surface area (Å²) < 4.78 is 49.5. The van der Waals surface area contributed by atoms with Crippen molar-refractivity contribution < 1.29 is 71.5 Å². The number of hydrogen-bond acceptors (Lipinski definition) is 9. The Morgan fingerprint density at radius 3 is 1.34 bits per heavy atom. The number of unbranched alkanes of at least 4 members (excludes halogenated alkanes) is 22. The molecule has 5 atom stereocenters. The summed E-state index contributed by atoms with van der Waals surface area (Å²) in [7, 11) is -5.20. The van der Waals surface area contributed by atoms with Crippen LogP contribution in [0.2, 0.25) is 0 Å². The molecular weight excluding hydrogens is 631 g/mol. The van der Waals surface area contributed by atoms with Crippen LogP contribution >= 0.6 is 0 Å². The first-order valence-electron chi connectivity index (χ1n) is 19.1. The summed E-state index contributed by atoms with van der Waals surface area (Å²) in [5.41, 5.74) is 0. The van der Waals surface area contributed by atoms with Crippen molar-refractivity contribution in [2.45, 2.75) is 211 Å². The van der Waals surface area contributed by atoms with Gasteiger partial charge in [0.05, 0.1) is 13.2 Å². The van der Waals surface area contributed by atoms with E-state index in [1.807, 2.05) is 0 Å². The second kappa shape index (κ2) is 31.4. The third kappa shape index (κ3) is 25.3. The molecule has 1 fully saturated rings. The smallest absolute Gasteiger partial charge is 0.726 e. The Morgan fingerprint density at radius 2 is 1.00 bits per heavy atom. The molecule has 0 aromatic rings. The summed E-state index contributed by atoms with van der Waals surface area (Å²) in [6.45, 7) is 4.15. The Bertz CT molecular complexity index is 760. The average Bonchev–Trinajstić information content (AvgIpc) is 3.02. The van der Waals surface area contributed by atoms with Crippen LogP contribution in [0.4, 0.5) is 0 Å². The van der Waals surface area contributed by atoms with Gasteiger partial charge in [0.15, 0.2) is 6.29 Å². The molecule has 1 aliphatic rings. The van der Waals surface area contributed by atoms with Gasteiger partial charge in [-0.3, -0.25) is 4.18 Å². The minimum absolute atomic E-state index is 0. The average molecular weight is 703 g/mol. The molecule has 276 valence electrons. The summed E-state index contributed by atoms with van der Waals surface area (Å²) in [5, 5.41) is 30.5. The third-order valence-electron chi connectivity index (χ3n) is 9.48. The Labute approximate surface area is 310 Å². The monoisotopic (exact) mass is 702 g/mol. The van der Waals surface area contributed by atoms with Crippen molar-refractivity contribution in [3.05, 3.63) is 0 Å². The van der Waals surface area contributed by atoms with Gasteiger partial charge in [-0.05, 0) is 18.8 Å². The fourth-order valence-corrected chi connectivity index (χ4v) is 7.03. The molecule has 0 radical (unpaired) electrons. The largest absolute Gasteiger partial charge is 1.00 e. The maximum Gasteiger partial charge on any atom is 1.00 e. The maximum atomic E-state index is 11.2. The van der Waals surface area contributed by atoms with Crippen LogP contribution in [0.3, 0.4) is 0 Å². The topological polar surface area (TPSA) is 146 Å². The number of hydrogen-bond donors (Lipinski definition) is 3. The van der Waals surface area contributed by atoms with Crippen molar-refractivity contribution in [3.8, 4) is 0 Å². The standard InChI is InChI=1S/C36H72O9S.Na/c1-3-5-7-9-11-13-15-17-19-21-23-25-27-31(28-26-24-22-20-18-16-14-12-10-8-6-4-2)30-43-36-34(39)35(45-46(40,41)42)33(38)32(29-37)44-36;/h31-39H,3-30H2,1-2H3,(H,40,41,42);/q;+1/p-1/t32-,33+,34-,35-,36+;/m1./s1. The Morgan fingerprint density at radius 1 is 0.638 bits per heavy atom. The van der Waals surface area contributed by atoms with Gasteiger partial charge in [0, 0.05) is 0 Å². The fraction of sp³-hybridized carbons (Fsp3) is 1.00. The van der Waals surface area contributed by atoms with Gasteiger partial charge >= 0.3 is 29.6 Å². The molecule has 0 amide bonds. The number of aliphatic hydroxyl groups excluding tert-OH is 3. The van der Waals surface area contributed by atoms with Crippen LogP contribution in [0, 0.1) is 5.92 Å². The van der Waals surface area contributed by atoms with E-state index in [1.54, 1.807) is 0 Å². The molecule has 0 unspecified atom stereocenters. The van der Waals surface area contributed by atoms with Crippen LogP contribution < -0.4 is 29.6 Å². The van der Waals surface area contributed by atoms with E-state index in [0.29, 0.717) is 6.61 Å². The van der Waals surface area contributed by atoms with Gasteiger partial charge in [-0.2, -0.15) is 0 Å². The van der Waals surface area contributed by atoms with E-state index in [2.05, 4.69) is 18.0 Å². The minimum atomic E-state index is -5.20. The quantitative estimate of drug-likeness (QED) is 0.0378. The zero-order valence-corrected chi connectivity index (χ0v) is 33.3. The van der Waals surface area contributed by atoms with Crippen molar-refractivity contribution in [2.24, 2.45) is 5.92 Å². The van der Waals surface area contributed by atoms with Crippen LogP contribution in [0.25, 0.3) is 0 Å². The molecule has 0 aromatic carbocycles. The Kier molecular flexibility index (Phi) is 31.9. The summed E-state index contributed by atoms with van der Waals surface area (Å²) >= 11 is 0. The van der Waals surface area contributed by atoms with Crippen LogP contribution in [0.1, 0.15) is 181 Å². The molecule has 9 nitrogen and oxygen atoms in total. The summed E-state index contributed by atoms with van der Waals surface area (Å²) in [6.07, 6.45) is 25.2. The Hall–Kier alpha value is 0.670. The van der Waals surface area contributed by atoms with E-state index in [-0.39, 0.29) is 35.5 Å². The SMILES string of the molecule is CCCCCCCCCCCCCCC(CCCCCCCCCCCCCC)CO[C@H]1O[C@H](CO)[C@H](O)[C@@H](OS(=O)(=O)[O-])[C@H]1O.[Na+]. The Balaban J connectivity index is 0.0000212. The zero-order valence-electron chi connectivity index (χ0n) is 30.5. The van der Waals surface area contributed by atoms with E-state index < -0.39 is 47.7 Å². The van der Waals surface area contributed by atoms with Gasteiger partial charge in [-0.15, -0.1) is 0 Å². The van der Waals surface area contributed by atoms with Gasteiger partial charge in [0.1, 0.15) is 24.4 Å². The second-order valence-electron chi connectivity index (χ2n) is 13.7. The van der Waals surface area contributed by atoms with Crippen LogP contribution in [-0.2, 0) is 24.1 Å². The second-order valence-corrected chi connectivity index (χ2v) is 14.7. The van der Waals surface area contributed by atoms with Crippen LogP contribution in [0.15, 0.2) is 0 Å². The fourth-order valence-electron chi connectivity index (χ4n) is 6.53. The zero-order chi connectivity index (χ0) is 33.9. The van der Waals surface area contributed by atoms with Gasteiger partial charge in [-0.25, -0.2) is 8.42 Å². The molecule has 0 aliphatic carbocycles. The van der Waals surface area contributed by atoms with Crippen molar-refractivity contribution in [1.29, 1.82) is 0 Å². The van der Waals surface area contributed by atoms with E-state index >= 15 is 0 Å². The van der Waals surface area contributed by atoms with Crippen molar-refractivity contribution in [3.63, 3.8) is 0 Å². The first kappa shape index (κ1) is 47.7. The van der Waals surface area contributed by atoms with Crippen molar-refractivity contribution >= 4 is 10.4 Å². The number of aliphatic hydroxyl groups is 3. The molecule has 0 spiro atoms. The molecule has 1 heterocycles. The van der Waals surface area contributed by atoms with E-state index in [9.17, 15) is 28.3 Å². The van der Waals surface area contributed by atoms with Crippen LogP contribution in [-0.4, -0.2) is 72.2 Å². The molecule has 47 heavy (non-hydrogen) atoms. The van der Waals surface area contributed by atoms with E-state index in [1.165, 1.54) is 141 Å². The van der Waals surface area contributed by atoms with E-state index in [4.69, 9.17) is 9.47 Å². The van der Waals surface area contributed by atoms with Crippen molar-refractivity contribution in [2.75, 3.05) is 13.2 Å². The molecule has 0 bridgehead atoms. The molecule has 0 aromatic heterocycles. The molecular formula is C36H71NaO9S. The number of rotatable bonds is 32.